The first-order valence-electron chi connectivity index (χ1n) is 10.3. The van der Waals surface area contributed by atoms with Crippen molar-refractivity contribution in [3.63, 3.8) is 0 Å². The molecule has 4 heteroatoms. The van der Waals surface area contributed by atoms with Crippen LogP contribution in [-0.4, -0.2) is 36.3 Å². The number of hydrogen-bond donors (Lipinski definition) is 2. The number of aliphatic hydroxyl groups excluding tert-OH is 1. The summed E-state index contributed by atoms with van der Waals surface area (Å²) in [6, 6.07) is 24.1. The minimum absolute atomic E-state index is 0.213. The second-order valence-corrected chi connectivity index (χ2v) is 7.92. The van der Waals surface area contributed by atoms with Gasteiger partial charge in [0, 0.05) is 14.2 Å². The quantitative estimate of drug-likeness (QED) is 0.617. The molecule has 0 radical (unpaired) electrons. The Labute approximate surface area is 181 Å². The van der Waals surface area contributed by atoms with Crippen LogP contribution >= 0.6 is 0 Å². The summed E-state index contributed by atoms with van der Waals surface area (Å²) in [6.45, 7) is 0. The molecule has 0 amide bonds. The Bertz CT molecular complexity index is 1140. The Kier molecular flexibility index (Phi) is 4.59. The molecule has 0 aliphatic heterocycles. The molecule has 0 saturated carbocycles. The second-order valence-electron chi connectivity index (χ2n) is 7.92. The Morgan fingerprint density at radius 1 is 0.774 bits per heavy atom. The van der Waals surface area contributed by atoms with E-state index >= 15 is 0 Å². The first kappa shape index (κ1) is 19.8. The number of methoxy groups -OCH3 is 2. The van der Waals surface area contributed by atoms with Gasteiger partial charge in [-0.15, -0.1) is 0 Å². The van der Waals surface area contributed by atoms with E-state index in [1.807, 2.05) is 48.6 Å². The van der Waals surface area contributed by atoms with Crippen LogP contribution in [-0.2, 0) is 14.9 Å². The summed E-state index contributed by atoms with van der Waals surface area (Å²) in [5.41, 5.74) is 5.88. The van der Waals surface area contributed by atoms with E-state index in [1.165, 1.54) is 14.2 Å². The van der Waals surface area contributed by atoms with Gasteiger partial charge in [-0.25, -0.2) is 0 Å². The van der Waals surface area contributed by atoms with Gasteiger partial charge >= 0.3 is 0 Å². The van der Waals surface area contributed by atoms with Crippen molar-refractivity contribution in [2.75, 3.05) is 14.2 Å². The average molecular weight is 412 g/mol. The molecule has 0 saturated heterocycles. The van der Waals surface area contributed by atoms with Gasteiger partial charge in [0.2, 0.25) is 5.79 Å². The molecule has 0 spiro atoms. The Hall–Kier alpha value is -3.18. The van der Waals surface area contributed by atoms with Gasteiger partial charge in [-0.1, -0.05) is 72.8 Å². The van der Waals surface area contributed by atoms with Crippen molar-refractivity contribution in [3.05, 3.63) is 113 Å². The molecule has 31 heavy (non-hydrogen) atoms. The number of allylic oxidation sites excluding steroid dienone is 2. The van der Waals surface area contributed by atoms with Crippen molar-refractivity contribution in [1.82, 2.24) is 0 Å². The fourth-order valence-corrected chi connectivity index (χ4v) is 5.09. The van der Waals surface area contributed by atoms with Gasteiger partial charge < -0.3 is 19.7 Å². The smallest absolute Gasteiger partial charge is 0.218 e. The molecule has 0 heterocycles. The molecule has 2 aliphatic carbocycles. The molecule has 3 aromatic rings. The largest absolute Gasteiger partial charge is 0.508 e. The van der Waals surface area contributed by atoms with Crippen LogP contribution in [0.25, 0.3) is 11.1 Å². The van der Waals surface area contributed by atoms with E-state index in [0.29, 0.717) is 0 Å². The zero-order valence-electron chi connectivity index (χ0n) is 17.4. The zero-order valence-corrected chi connectivity index (χ0v) is 17.4. The van der Waals surface area contributed by atoms with E-state index in [1.54, 1.807) is 18.2 Å². The number of phenolic OH excluding ortho intramolecular Hbond substituents is 1. The van der Waals surface area contributed by atoms with Crippen molar-refractivity contribution in [2.24, 2.45) is 0 Å². The molecule has 2 N–H and O–H groups in total. The molecular weight excluding hydrogens is 388 g/mol. The van der Waals surface area contributed by atoms with Crippen LogP contribution in [0.2, 0.25) is 0 Å². The van der Waals surface area contributed by atoms with Gasteiger partial charge in [0.05, 0.1) is 5.41 Å². The van der Waals surface area contributed by atoms with E-state index in [0.717, 1.165) is 33.4 Å². The van der Waals surface area contributed by atoms with Gasteiger partial charge in [0.25, 0.3) is 0 Å². The molecule has 2 aliphatic rings. The molecular formula is C27H24O4. The maximum atomic E-state index is 10.6. The Morgan fingerprint density at radius 3 is 1.87 bits per heavy atom. The molecule has 0 aromatic heterocycles. The number of hydrogen-bond acceptors (Lipinski definition) is 4. The van der Waals surface area contributed by atoms with Crippen molar-refractivity contribution in [2.45, 2.75) is 17.3 Å². The van der Waals surface area contributed by atoms with Crippen molar-refractivity contribution >= 4 is 0 Å². The normalized spacial score (nSPS) is 20.1. The van der Waals surface area contributed by atoms with Crippen LogP contribution in [0, 0.1) is 0 Å². The SMILES string of the molecule is COC1(OC)C=C(C2(c3ccc(O)cc3)c3ccccc3-c3ccccc32)C=CC1O. The predicted molar refractivity (Wildman–Crippen MR) is 120 cm³/mol. The van der Waals surface area contributed by atoms with Crippen molar-refractivity contribution in [1.29, 1.82) is 0 Å². The average Bonchev–Trinajstić information content (AvgIpc) is 3.12. The van der Waals surface area contributed by atoms with E-state index < -0.39 is 17.3 Å². The maximum Gasteiger partial charge on any atom is 0.218 e. The lowest BCUT2D eigenvalue weighted by Crippen LogP contribution is -2.46. The topological polar surface area (TPSA) is 58.9 Å². The van der Waals surface area contributed by atoms with Crippen molar-refractivity contribution in [3.8, 4) is 16.9 Å². The molecule has 4 nitrogen and oxygen atoms in total. The first-order valence-corrected chi connectivity index (χ1v) is 10.3. The van der Waals surface area contributed by atoms with Crippen LogP contribution in [0.5, 0.6) is 5.75 Å². The number of rotatable bonds is 4. The van der Waals surface area contributed by atoms with Crippen LogP contribution < -0.4 is 0 Å². The summed E-state index contributed by atoms with van der Waals surface area (Å²) < 4.78 is 11.3. The molecule has 3 aromatic carbocycles. The maximum absolute atomic E-state index is 10.6. The third kappa shape index (κ3) is 2.66. The molecule has 1 atom stereocenters. The lowest BCUT2D eigenvalue weighted by atomic mass is 9.65. The lowest BCUT2D eigenvalue weighted by Gasteiger charge is -2.40. The number of phenols is 1. The highest BCUT2D eigenvalue weighted by atomic mass is 16.7. The fraction of sp³-hybridized carbons (Fsp3) is 0.185. The molecule has 0 fully saturated rings. The Balaban J connectivity index is 1.90. The number of benzene rings is 3. The predicted octanol–water partition coefficient (Wildman–Crippen LogP) is 4.55. The monoisotopic (exact) mass is 412 g/mol. The highest BCUT2D eigenvalue weighted by molar-refractivity contribution is 5.86. The molecule has 5 rings (SSSR count). The van der Waals surface area contributed by atoms with Crippen LogP contribution in [0.4, 0.5) is 0 Å². The number of fused-ring (bicyclic) bond motifs is 3. The van der Waals surface area contributed by atoms with E-state index in [-0.39, 0.29) is 5.75 Å². The second kappa shape index (κ2) is 7.20. The summed E-state index contributed by atoms with van der Waals surface area (Å²) >= 11 is 0. The number of aromatic hydroxyl groups is 1. The van der Waals surface area contributed by atoms with Crippen molar-refractivity contribution < 1.29 is 19.7 Å². The zero-order chi connectivity index (χ0) is 21.6. The third-order valence-corrected chi connectivity index (χ3v) is 6.55. The van der Waals surface area contributed by atoms with Gasteiger partial charge in [0.1, 0.15) is 11.9 Å². The molecule has 156 valence electrons. The molecule has 1 unspecified atom stereocenters. The van der Waals surface area contributed by atoms with Crippen LogP contribution in [0.1, 0.15) is 16.7 Å². The van der Waals surface area contributed by atoms with Crippen LogP contribution in [0.15, 0.2) is 96.6 Å². The summed E-state index contributed by atoms with van der Waals surface area (Å²) in [7, 11) is 3.06. The Morgan fingerprint density at radius 2 is 1.32 bits per heavy atom. The van der Waals surface area contributed by atoms with E-state index in [9.17, 15) is 10.2 Å². The fourth-order valence-electron chi connectivity index (χ4n) is 5.09. The van der Waals surface area contributed by atoms with E-state index in [2.05, 4.69) is 24.3 Å². The lowest BCUT2D eigenvalue weighted by molar-refractivity contribution is -0.215. The van der Waals surface area contributed by atoms with Crippen LogP contribution in [0.3, 0.4) is 0 Å². The highest BCUT2D eigenvalue weighted by Crippen LogP contribution is 2.57. The minimum atomic E-state index is -1.29. The third-order valence-electron chi connectivity index (χ3n) is 6.55. The standard InChI is InChI=1S/C27H24O4/c1-30-26(31-2)17-19(13-16-25(26)29)27(18-11-14-20(28)15-12-18)23-9-5-3-7-21(23)22-8-4-6-10-24(22)27/h3-17,25,28-29H,1-2H3. The van der Waals surface area contributed by atoms with Gasteiger partial charge in [-0.3, -0.25) is 0 Å². The van der Waals surface area contributed by atoms with Gasteiger partial charge in [-0.05, 0) is 51.6 Å². The highest BCUT2D eigenvalue weighted by Gasteiger charge is 2.49. The first-order chi connectivity index (χ1) is 15.1. The summed E-state index contributed by atoms with van der Waals surface area (Å²) in [5.74, 6) is -1.08. The number of aliphatic hydroxyl groups is 1. The van der Waals surface area contributed by atoms with E-state index in [4.69, 9.17) is 9.47 Å². The van der Waals surface area contributed by atoms with Gasteiger partial charge in [-0.2, -0.15) is 0 Å². The van der Waals surface area contributed by atoms with Gasteiger partial charge in [0.15, 0.2) is 0 Å². The molecule has 0 bridgehead atoms. The number of ether oxygens (including phenoxy) is 2. The summed E-state index contributed by atoms with van der Waals surface area (Å²) in [4.78, 5) is 0. The summed E-state index contributed by atoms with van der Waals surface area (Å²) in [5, 5.41) is 20.6. The summed E-state index contributed by atoms with van der Waals surface area (Å²) in [6.07, 6.45) is 4.61. The minimum Gasteiger partial charge on any atom is -0.508 e.